The van der Waals surface area contributed by atoms with E-state index < -0.39 is 10.0 Å². The molecular weight excluding hydrogens is 490 g/mol. The second-order valence-corrected chi connectivity index (χ2v) is 12.0. The van der Waals surface area contributed by atoms with E-state index in [2.05, 4.69) is 19.1 Å². The number of nitrogens with zero attached hydrogens (tertiary/aromatic N) is 3. The fourth-order valence-corrected chi connectivity index (χ4v) is 7.01. The minimum absolute atomic E-state index is 0.212. The molecule has 6 nitrogen and oxygen atoms in total. The number of rotatable bonds is 7. The lowest BCUT2D eigenvalue weighted by Gasteiger charge is -2.26. The van der Waals surface area contributed by atoms with Gasteiger partial charge in [0.1, 0.15) is 0 Å². The molecule has 4 aromatic rings. The molecule has 1 fully saturated rings. The summed E-state index contributed by atoms with van der Waals surface area (Å²) in [6, 6.07) is 22.3. The Morgan fingerprint density at radius 3 is 2.36 bits per heavy atom. The zero-order chi connectivity index (χ0) is 25.1. The highest BCUT2D eigenvalue weighted by Crippen LogP contribution is 2.32. The number of thiazole rings is 1. The van der Waals surface area contributed by atoms with Crippen LogP contribution in [0.3, 0.4) is 0 Å². The smallest absolute Gasteiger partial charge is 0.260 e. The first-order valence-corrected chi connectivity index (χ1v) is 14.6. The molecule has 3 aromatic carbocycles. The Hall–Kier alpha value is -3.07. The van der Waals surface area contributed by atoms with Gasteiger partial charge in [-0.3, -0.25) is 9.69 Å². The van der Waals surface area contributed by atoms with Crippen LogP contribution in [-0.2, 0) is 23.0 Å². The largest absolute Gasteiger partial charge is 0.279 e. The van der Waals surface area contributed by atoms with Gasteiger partial charge in [0, 0.05) is 18.7 Å². The zero-order valence-electron chi connectivity index (χ0n) is 20.3. The summed E-state index contributed by atoms with van der Waals surface area (Å²) < 4.78 is 28.7. The van der Waals surface area contributed by atoms with Gasteiger partial charge in [-0.2, -0.15) is 4.31 Å². The highest BCUT2D eigenvalue weighted by molar-refractivity contribution is 7.89. The van der Waals surface area contributed by atoms with E-state index in [0.29, 0.717) is 30.3 Å². The third-order valence-corrected chi connectivity index (χ3v) is 9.52. The Morgan fingerprint density at radius 1 is 0.944 bits per heavy atom. The van der Waals surface area contributed by atoms with Crippen molar-refractivity contribution < 1.29 is 13.2 Å². The molecule has 1 aliphatic heterocycles. The summed E-state index contributed by atoms with van der Waals surface area (Å²) in [4.78, 5) is 20.4. The molecule has 0 N–H and O–H groups in total. The van der Waals surface area contributed by atoms with E-state index in [4.69, 9.17) is 4.98 Å². The number of aryl methyl sites for hydroxylation is 1. The first kappa shape index (κ1) is 24.6. The van der Waals surface area contributed by atoms with Crippen molar-refractivity contribution in [1.29, 1.82) is 0 Å². The third-order valence-electron chi connectivity index (χ3n) is 6.56. The summed E-state index contributed by atoms with van der Waals surface area (Å²) in [5.74, 6) is -0.212. The van der Waals surface area contributed by atoms with Gasteiger partial charge in [0.25, 0.3) is 5.91 Å². The minimum atomic E-state index is -3.55. The van der Waals surface area contributed by atoms with Crippen molar-refractivity contribution in [3.05, 3.63) is 89.5 Å². The number of piperidine rings is 1. The number of sulfonamides is 1. The number of amides is 1. The van der Waals surface area contributed by atoms with Crippen LogP contribution in [0.5, 0.6) is 0 Å². The van der Waals surface area contributed by atoms with Crippen LogP contribution in [0.4, 0.5) is 5.13 Å². The Bertz CT molecular complexity index is 1460. The number of aromatic nitrogens is 1. The fraction of sp³-hybridized carbons (Fsp3) is 0.286. The number of hydrogen-bond acceptors (Lipinski definition) is 5. The van der Waals surface area contributed by atoms with Crippen molar-refractivity contribution in [2.24, 2.45) is 0 Å². The minimum Gasteiger partial charge on any atom is -0.279 e. The van der Waals surface area contributed by atoms with Gasteiger partial charge in [0.15, 0.2) is 5.13 Å². The van der Waals surface area contributed by atoms with Crippen molar-refractivity contribution in [1.82, 2.24) is 9.29 Å². The van der Waals surface area contributed by atoms with E-state index in [1.807, 2.05) is 36.4 Å². The molecule has 1 amide bonds. The number of carbonyl (C=O) groups excluding carboxylic acids is 1. The van der Waals surface area contributed by atoms with Gasteiger partial charge < -0.3 is 0 Å². The molecule has 1 aromatic heterocycles. The molecule has 0 bridgehead atoms. The highest BCUT2D eigenvalue weighted by atomic mass is 32.2. The molecule has 0 radical (unpaired) electrons. The highest BCUT2D eigenvalue weighted by Gasteiger charge is 2.27. The molecule has 0 atom stereocenters. The summed E-state index contributed by atoms with van der Waals surface area (Å²) >= 11 is 1.49. The van der Waals surface area contributed by atoms with E-state index in [9.17, 15) is 13.2 Å². The molecule has 0 saturated carbocycles. The van der Waals surface area contributed by atoms with Gasteiger partial charge in [0.2, 0.25) is 10.0 Å². The van der Waals surface area contributed by atoms with Gasteiger partial charge in [-0.15, -0.1) is 0 Å². The summed E-state index contributed by atoms with van der Waals surface area (Å²) in [5, 5.41) is 0.622. The van der Waals surface area contributed by atoms with Crippen LogP contribution in [-0.4, -0.2) is 36.7 Å². The number of fused-ring (bicyclic) bond motifs is 1. The van der Waals surface area contributed by atoms with Gasteiger partial charge >= 0.3 is 0 Å². The van der Waals surface area contributed by atoms with E-state index in [1.165, 1.54) is 16.9 Å². The molecule has 1 aliphatic rings. The molecule has 0 aliphatic carbocycles. The maximum absolute atomic E-state index is 13.7. The summed E-state index contributed by atoms with van der Waals surface area (Å²) in [6.07, 6.45) is 3.75. The monoisotopic (exact) mass is 519 g/mol. The number of anilines is 1. The summed E-state index contributed by atoms with van der Waals surface area (Å²) in [5.41, 5.74) is 3.51. The fourth-order valence-electron chi connectivity index (χ4n) is 4.46. The van der Waals surface area contributed by atoms with Crippen LogP contribution in [0, 0.1) is 0 Å². The van der Waals surface area contributed by atoms with Crippen LogP contribution in [0.2, 0.25) is 0 Å². The van der Waals surface area contributed by atoms with Crippen LogP contribution in [0.1, 0.15) is 47.7 Å². The number of carbonyl (C=O) groups is 1. The average molecular weight is 520 g/mol. The Labute approximate surface area is 216 Å². The maximum Gasteiger partial charge on any atom is 0.260 e. The lowest BCUT2D eigenvalue weighted by atomic mass is 10.1. The molecule has 0 unspecified atom stereocenters. The normalized spacial score (nSPS) is 14.7. The number of hydrogen-bond donors (Lipinski definition) is 0. The van der Waals surface area contributed by atoms with E-state index in [0.717, 1.165) is 41.5 Å². The molecule has 36 heavy (non-hydrogen) atoms. The van der Waals surface area contributed by atoms with E-state index >= 15 is 0 Å². The summed E-state index contributed by atoms with van der Waals surface area (Å²) in [7, 11) is -3.55. The van der Waals surface area contributed by atoms with E-state index in [-0.39, 0.29) is 10.8 Å². The SMILES string of the molecule is CCc1ccc2nc(N(Cc3ccccc3)C(=O)c3ccc(S(=O)(=O)N4CCCCC4)cc3)sc2c1. The van der Waals surface area contributed by atoms with Crippen molar-refractivity contribution in [3.8, 4) is 0 Å². The topological polar surface area (TPSA) is 70.6 Å². The van der Waals surface area contributed by atoms with Gasteiger partial charge in [-0.05, 0) is 66.8 Å². The number of benzene rings is 3. The molecule has 1 saturated heterocycles. The second-order valence-electron chi connectivity index (χ2n) is 9.02. The first-order chi connectivity index (χ1) is 17.5. The van der Waals surface area contributed by atoms with Crippen LogP contribution in [0.15, 0.2) is 77.7 Å². The predicted octanol–water partition coefficient (Wildman–Crippen LogP) is 5.88. The molecule has 8 heteroatoms. The first-order valence-electron chi connectivity index (χ1n) is 12.3. The Balaban J connectivity index is 1.47. The zero-order valence-corrected chi connectivity index (χ0v) is 21.9. The molecular formula is C28H29N3O3S2. The van der Waals surface area contributed by atoms with Crippen molar-refractivity contribution in [2.75, 3.05) is 18.0 Å². The standard InChI is InChI=1S/C28H29N3O3S2/c1-2-21-11-16-25-26(19-21)35-28(29-25)31(20-22-9-5-3-6-10-22)27(32)23-12-14-24(15-13-23)36(33,34)30-17-7-4-8-18-30/h3,5-6,9-16,19H,2,4,7-8,17-18,20H2,1H3. The maximum atomic E-state index is 13.7. The van der Waals surface area contributed by atoms with Crippen LogP contribution < -0.4 is 4.90 Å². The van der Waals surface area contributed by atoms with E-state index in [1.54, 1.807) is 33.5 Å². The average Bonchev–Trinajstić information content (AvgIpc) is 3.35. The van der Waals surface area contributed by atoms with Crippen LogP contribution in [0.25, 0.3) is 10.2 Å². The van der Waals surface area contributed by atoms with Crippen LogP contribution >= 0.6 is 11.3 Å². The Morgan fingerprint density at radius 2 is 1.67 bits per heavy atom. The Kier molecular flexibility index (Phi) is 7.18. The lowest BCUT2D eigenvalue weighted by molar-refractivity contribution is 0.0985. The van der Waals surface area contributed by atoms with Crippen molar-refractivity contribution in [2.45, 2.75) is 44.0 Å². The molecule has 0 spiro atoms. The van der Waals surface area contributed by atoms with Gasteiger partial charge in [0.05, 0.1) is 21.7 Å². The predicted molar refractivity (Wildman–Crippen MR) is 145 cm³/mol. The van der Waals surface area contributed by atoms with Gasteiger partial charge in [-0.1, -0.05) is 61.1 Å². The molecule has 2 heterocycles. The second kappa shape index (κ2) is 10.5. The quantitative estimate of drug-likeness (QED) is 0.306. The van der Waals surface area contributed by atoms with Crippen molar-refractivity contribution >= 4 is 42.6 Å². The molecule has 5 rings (SSSR count). The third kappa shape index (κ3) is 5.07. The van der Waals surface area contributed by atoms with Gasteiger partial charge in [-0.25, -0.2) is 13.4 Å². The molecule has 186 valence electrons. The van der Waals surface area contributed by atoms with Crippen molar-refractivity contribution in [3.63, 3.8) is 0 Å². The lowest BCUT2D eigenvalue weighted by Crippen LogP contribution is -2.35. The summed E-state index contributed by atoms with van der Waals surface area (Å²) in [6.45, 7) is 3.58.